The number of nitrogens with one attached hydrogen (secondary N) is 1. The van der Waals surface area contributed by atoms with Gasteiger partial charge in [-0.05, 0) is 63.1 Å². The molecule has 0 bridgehead atoms. The van der Waals surface area contributed by atoms with Gasteiger partial charge in [0.2, 0.25) is 0 Å². The van der Waals surface area contributed by atoms with Crippen molar-refractivity contribution in [3.8, 4) is 0 Å². The van der Waals surface area contributed by atoms with Gasteiger partial charge in [0.15, 0.2) is 0 Å². The molecule has 1 saturated heterocycles. The lowest BCUT2D eigenvalue weighted by Gasteiger charge is -2.16. The third-order valence-electron chi connectivity index (χ3n) is 4.10. The van der Waals surface area contributed by atoms with Crippen LogP contribution in [-0.2, 0) is 11.2 Å². The summed E-state index contributed by atoms with van der Waals surface area (Å²) in [5, 5.41) is 12.7. The van der Waals surface area contributed by atoms with Crippen molar-refractivity contribution < 1.29 is 14.6 Å². The first-order valence-corrected chi connectivity index (χ1v) is 8.11. The van der Waals surface area contributed by atoms with Crippen molar-refractivity contribution in [1.82, 2.24) is 5.32 Å². The molecule has 1 aliphatic heterocycles. The molecule has 0 unspecified atom stereocenters. The Morgan fingerprint density at radius 2 is 2.09 bits per heavy atom. The van der Waals surface area contributed by atoms with Crippen molar-refractivity contribution in [2.75, 3.05) is 19.8 Å². The second-order valence-electron chi connectivity index (χ2n) is 6.78. The summed E-state index contributed by atoms with van der Waals surface area (Å²) < 4.78 is 5.33. The SMILES string of the molecule is CC(C)(O)CCc1ccc(C(=O)NCC[C@@H]2CCOC2)cc1. The van der Waals surface area contributed by atoms with E-state index in [4.69, 9.17) is 4.74 Å². The van der Waals surface area contributed by atoms with Gasteiger partial charge in [-0.1, -0.05) is 12.1 Å². The average molecular weight is 305 g/mol. The van der Waals surface area contributed by atoms with Crippen molar-refractivity contribution >= 4 is 5.91 Å². The number of rotatable bonds is 7. The minimum absolute atomic E-state index is 0.0204. The molecule has 2 N–H and O–H groups in total. The van der Waals surface area contributed by atoms with E-state index in [-0.39, 0.29) is 5.91 Å². The molecule has 1 amide bonds. The van der Waals surface area contributed by atoms with Gasteiger partial charge in [-0.2, -0.15) is 0 Å². The summed E-state index contributed by atoms with van der Waals surface area (Å²) in [5.41, 5.74) is 1.18. The van der Waals surface area contributed by atoms with E-state index in [2.05, 4.69) is 5.32 Å². The summed E-state index contributed by atoms with van der Waals surface area (Å²) in [4.78, 5) is 12.1. The van der Waals surface area contributed by atoms with Crippen LogP contribution in [0, 0.1) is 5.92 Å². The maximum Gasteiger partial charge on any atom is 0.251 e. The first-order chi connectivity index (χ1) is 10.4. The monoisotopic (exact) mass is 305 g/mol. The largest absolute Gasteiger partial charge is 0.390 e. The number of aryl methyl sites for hydroxylation is 1. The zero-order valence-electron chi connectivity index (χ0n) is 13.6. The minimum Gasteiger partial charge on any atom is -0.390 e. The third-order valence-corrected chi connectivity index (χ3v) is 4.10. The Hall–Kier alpha value is -1.39. The predicted octanol–water partition coefficient (Wildman–Crippen LogP) is 2.55. The van der Waals surface area contributed by atoms with E-state index >= 15 is 0 Å². The van der Waals surface area contributed by atoms with Crippen LogP contribution in [-0.4, -0.2) is 36.4 Å². The summed E-state index contributed by atoms with van der Waals surface area (Å²) in [7, 11) is 0. The average Bonchev–Trinajstić information content (AvgIpc) is 2.98. The first kappa shape index (κ1) is 17.0. The molecule has 4 heteroatoms. The Labute approximate surface area is 132 Å². The third kappa shape index (κ3) is 5.78. The van der Waals surface area contributed by atoms with E-state index in [9.17, 15) is 9.90 Å². The highest BCUT2D eigenvalue weighted by Crippen LogP contribution is 2.16. The fourth-order valence-electron chi connectivity index (χ4n) is 2.58. The highest BCUT2D eigenvalue weighted by atomic mass is 16.5. The fourth-order valence-corrected chi connectivity index (χ4v) is 2.58. The van der Waals surface area contributed by atoms with Gasteiger partial charge >= 0.3 is 0 Å². The van der Waals surface area contributed by atoms with E-state index in [1.54, 1.807) is 0 Å². The van der Waals surface area contributed by atoms with E-state index in [0.29, 0.717) is 24.4 Å². The van der Waals surface area contributed by atoms with Gasteiger partial charge in [-0.25, -0.2) is 0 Å². The molecule has 1 heterocycles. The minimum atomic E-state index is -0.653. The molecular formula is C18H27NO3. The van der Waals surface area contributed by atoms with Crippen molar-refractivity contribution in [2.45, 2.75) is 45.1 Å². The number of benzene rings is 1. The summed E-state index contributed by atoms with van der Waals surface area (Å²) in [6.07, 6.45) is 3.61. The number of ether oxygens (including phenoxy) is 1. The second-order valence-corrected chi connectivity index (χ2v) is 6.78. The van der Waals surface area contributed by atoms with Crippen molar-refractivity contribution in [3.63, 3.8) is 0 Å². The predicted molar refractivity (Wildman–Crippen MR) is 86.9 cm³/mol. The fraction of sp³-hybridized carbons (Fsp3) is 0.611. The Balaban J connectivity index is 1.75. The smallest absolute Gasteiger partial charge is 0.251 e. The molecule has 122 valence electrons. The van der Waals surface area contributed by atoms with Crippen LogP contribution in [0.1, 0.15) is 49.0 Å². The Bertz CT molecular complexity index is 470. The van der Waals surface area contributed by atoms with Crippen molar-refractivity contribution in [1.29, 1.82) is 0 Å². The molecule has 1 fully saturated rings. The maximum atomic E-state index is 12.1. The van der Waals surface area contributed by atoms with Crippen LogP contribution >= 0.6 is 0 Å². The van der Waals surface area contributed by atoms with Crippen LogP contribution in [0.5, 0.6) is 0 Å². The molecular weight excluding hydrogens is 278 g/mol. The van der Waals surface area contributed by atoms with E-state index in [1.807, 2.05) is 38.1 Å². The number of carbonyl (C=O) groups excluding carboxylic acids is 1. The second kappa shape index (κ2) is 7.75. The van der Waals surface area contributed by atoms with Crippen LogP contribution in [0.4, 0.5) is 0 Å². The van der Waals surface area contributed by atoms with Gasteiger partial charge in [0.05, 0.1) is 5.60 Å². The molecule has 1 aromatic carbocycles. The molecule has 1 atom stereocenters. The van der Waals surface area contributed by atoms with Gasteiger partial charge < -0.3 is 15.2 Å². The maximum absolute atomic E-state index is 12.1. The zero-order valence-corrected chi connectivity index (χ0v) is 13.6. The van der Waals surface area contributed by atoms with Crippen molar-refractivity contribution in [3.05, 3.63) is 35.4 Å². The lowest BCUT2D eigenvalue weighted by Crippen LogP contribution is -2.26. The first-order valence-electron chi connectivity index (χ1n) is 8.11. The van der Waals surface area contributed by atoms with Gasteiger partial charge in [-0.15, -0.1) is 0 Å². The summed E-state index contributed by atoms with van der Waals surface area (Å²) in [6.45, 7) is 6.00. The molecule has 0 saturated carbocycles. The zero-order chi connectivity index (χ0) is 16.0. The van der Waals surface area contributed by atoms with Gasteiger partial charge in [0.25, 0.3) is 5.91 Å². The van der Waals surface area contributed by atoms with Gasteiger partial charge in [-0.3, -0.25) is 4.79 Å². The lowest BCUT2D eigenvalue weighted by molar-refractivity contribution is 0.0713. The van der Waals surface area contributed by atoms with Crippen LogP contribution in [0.3, 0.4) is 0 Å². The standard InChI is InChI=1S/C18H27NO3/c1-18(2,21)10-7-14-3-5-16(6-4-14)17(20)19-11-8-15-9-12-22-13-15/h3-6,15,21H,7-13H2,1-2H3,(H,19,20)/t15-/m1/s1. The highest BCUT2D eigenvalue weighted by molar-refractivity contribution is 5.94. The molecule has 0 aromatic heterocycles. The summed E-state index contributed by atoms with van der Waals surface area (Å²) in [5.74, 6) is 0.567. The molecule has 0 radical (unpaired) electrons. The Kier molecular flexibility index (Phi) is 5.98. The van der Waals surface area contributed by atoms with Crippen LogP contribution in [0.25, 0.3) is 0 Å². The Morgan fingerprint density at radius 1 is 1.36 bits per heavy atom. The molecule has 2 rings (SSSR count). The summed E-state index contributed by atoms with van der Waals surface area (Å²) >= 11 is 0. The quantitative estimate of drug-likeness (QED) is 0.814. The van der Waals surface area contributed by atoms with E-state index in [0.717, 1.165) is 38.0 Å². The topological polar surface area (TPSA) is 58.6 Å². The van der Waals surface area contributed by atoms with Gasteiger partial charge in [0.1, 0.15) is 0 Å². The van der Waals surface area contributed by atoms with Crippen molar-refractivity contribution in [2.24, 2.45) is 5.92 Å². The number of amides is 1. The summed E-state index contributed by atoms with van der Waals surface area (Å²) in [6, 6.07) is 7.64. The normalized spacial score (nSPS) is 18.4. The molecule has 22 heavy (non-hydrogen) atoms. The molecule has 1 aromatic rings. The van der Waals surface area contributed by atoms with Crippen LogP contribution in [0.2, 0.25) is 0 Å². The van der Waals surface area contributed by atoms with Crippen LogP contribution in [0.15, 0.2) is 24.3 Å². The number of aliphatic hydroxyl groups is 1. The number of hydrogen-bond acceptors (Lipinski definition) is 3. The molecule has 4 nitrogen and oxygen atoms in total. The lowest BCUT2D eigenvalue weighted by atomic mass is 9.98. The van der Waals surface area contributed by atoms with Crippen LogP contribution < -0.4 is 5.32 Å². The van der Waals surface area contributed by atoms with E-state index in [1.165, 1.54) is 0 Å². The highest BCUT2D eigenvalue weighted by Gasteiger charge is 2.16. The molecule has 1 aliphatic rings. The molecule has 0 spiro atoms. The molecule has 0 aliphatic carbocycles. The number of hydrogen-bond donors (Lipinski definition) is 2. The van der Waals surface area contributed by atoms with Gasteiger partial charge in [0, 0.05) is 25.3 Å². The number of carbonyl (C=O) groups is 1. The Morgan fingerprint density at radius 3 is 2.68 bits per heavy atom. The van der Waals surface area contributed by atoms with E-state index < -0.39 is 5.60 Å².